The third-order valence-electron chi connectivity index (χ3n) is 1.31. The summed E-state index contributed by atoms with van der Waals surface area (Å²) in [5.41, 5.74) is 0. The first-order valence-electron chi connectivity index (χ1n) is 3.71. The second-order valence-electron chi connectivity index (χ2n) is 2.29. The third-order valence-corrected chi connectivity index (χ3v) is 3.40. The molecule has 10 heteroatoms. The minimum absolute atomic E-state index is 0.632. The first-order chi connectivity index (χ1) is 6.89. The van der Waals surface area contributed by atoms with Gasteiger partial charge in [0.2, 0.25) is 0 Å². The highest BCUT2D eigenvalue weighted by molar-refractivity contribution is 6.53. The van der Waals surface area contributed by atoms with Gasteiger partial charge in [0.05, 0.1) is 6.42 Å². The van der Waals surface area contributed by atoms with E-state index in [-0.39, 0.29) is 0 Å². The summed E-state index contributed by atoms with van der Waals surface area (Å²) in [5, 5.41) is 0. The molecule has 0 aromatic carbocycles. The highest BCUT2D eigenvalue weighted by Gasteiger charge is 2.46. The molecular formula is C5H10F3O5Si2. The fourth-order valence-corrected chi connectivity index (χ4v) is 1.98. The van der Waals surface area contributed by atoms with E-state index in [9.17, 15) is 13.2 Å². The lowest BCUT2D eigenvalue weighted by Crippen LogP contribution is -2.47. The largest absolute Gasteiger partial charge is 0.706 e. The maximum atomic E-state index is 11.8. The van der Waals surface area contributed by atoms with Gasteiger partial charge in [-0.1, -0.05) is 0 Å². The molecule has 0 saturated carbocycles. The van der Waals surface area contributed by atoms with Crippen molar-refractivity contribution in [3.05, 3.63) is 0 Å². The number of alkyl halides is 3. The van der Waals surface area contributed by atoms with Crippen LogP contribution < -0.4 is 0 Å². The Hall–Kier alpha value is 0.0238. The standard InChI is InChI=1S/C5H10F3O5Si2/c1-9-15(10-2,13-12-14)11-4-3-5(6,7)8/h3-4H2,1-2H3. The van der Waals surface area contributed by atoms with Gasteiger partial charge in [-0.05, 0) is 0 Å². The number of halogens is 3. The van der Waals surface area contributed by atoms with Crippen molar-refractivity contribution < 1.29 is 35.6 Å². The molecule has 0 bridgehead atoms. The van der Waals surface area contributed by atoms with Crippen molar-refractivity contribution in [2.24, 2.45) is 0 Å². The van der Waals surface area contributed by atoms with Gasteiger partial charge in [-0.25, -0.2) is 4.58 Å². The molecule has 0 aliphatic rings. The van der Waals surface area contributed by atoms with E-state index in [1.165, 1.54) is 14.2 Å². The van der Waals surface area contributed by atoms with Crippen LogP contribution in [0.3, 0.4) is 0 Å². The summed E-state index contributed by atoms with van der Waals surface area (Å²) in [6.07, 6.45) is -5.43. The van der Waals surface area contributed by atoms with Gasteiger partial charge in [0, 0.05) is 20.8 Å². The van der Waals surface area contributed by atoms with E-state index in [4.69, 9.17) is 13.3 Å². The molecule has 0 amide bonds. The minimum Gasteiger partial charge on any atom is -0.353 e. The van der Waals surface area contributed by atoms with Crippen molar-refractivity contribution in [2.75, 3.05) is 20.8 Å². The molecule has 5 nitrogen and oxygen atoms in total. The average molecular weight is 263 g/mol. The zero-order valence-electron chi connectivity index (χ0n) is 8.09. The fourth-order valence-electron chi connectivity index (χ4n) is 0.636. The number of hydrogen-bond donors (Lipinski definition) is 0. The van der Waals surface area contributed by atoms with Crippen molar-refractivity contribution in [2.45, 2.75) is 12.6 Å². The fraction of sp³-hybridized carbons (Fsp3) is 1.00. The van der Waals surface area contributed by atoms with Crippen molar-refractivity contribution in [3.63, 3.8) is 0 Å². The van der Waals surface area contributed by atoms with E-state index in [1.807, 2.05) is 0 Å². The Morgan fingerprint density at radius 2 is 1.73 bits per heavy atom. The molecule has 0 atom stereocenters. The maximum Gasteiger partial charge on any atom is 0.706 e. The Balaban J connectivity index is 4.06. The average Bonchev–Trinajstić information content (AvgIpc) is 2.14. The second-order valence-corrected chi connectivity index (χ2v) is 4.73. The summed E-state index contributed by atoms with van der Waals surface area (Å²) in [4.78, 5) is 0. The summed E-state index contributed by atoms with van der Waals surface area (Å²) in [7, 11) is 1.23. The van der Waals surface area contributed by atoms with Gasteiger partial charge >= 0.3 is 25.7 Å². The Morgan fingerprint density at radius 3 is 2.07 bits per heavy atom. The molecule has 0 aromatic rings. The van der Waals surface area contributed by atoms with Crippen LogP contribution in [0.1, 0.15) is 6.42 Å². The van der Waals surface area contributed by atoms with Crippen molar-refractivity contribution in [3.8, 4) is 0 Å². The highest BCUT2D eigenvalue weighted by atomic mass is 28.4. The first-order valence-corrected chi connectivity index (χ1v) is 5.75. The number of hydrogen-bond acceptors (Lipinski definition) is 5. The van der Waals surface area contributed by atoms with Gasteiger partial charge in [-0.2, -0.15) is 13.2 Å². The molecule has 89 valence electrons. The lowest BCUT2D eigenvalue weighted by Gasteiger charge is -2.23. The SMILES string of the molecule is CO[Si](OC)(OCCC(F)(F)F)OO[Si]. The molecular weight excluding hydrogens is 253 g/mol. The molecule has 0 aromatic heterocycles. The Bertz CT molecular complexity index is 175. The Labute approximate surface area is 89.4 Å². The normalized spacial score (nSPS) is 13.2. The number of rotatable bonds is 7. The predicted octanol–water partition coefficient (Wildman–Crippen LogP) is 0.715. The van der Waals surface area contributed by atoms with Crippen LogP contribution in [-0.2, 0) is 22.4 Å². The molecule has 0 saturated heterocycles. The topological polar surface area (TPSA) is 46.2 Å². The van der Waals surface area contributed by atoms with E-state index >= 15 is 0 Å². The second kappa shape index (κ2) is 6.57. The van der Waals surface area contributed by atoms with E-state index in [0.29, 0.717) is 0 Å². The van der Waals surface area contributed by atoms with Gasteiger partial charge in [-0.15, -0.1) is 0 Å². The smallest absolute Gasteiger partial charge is 0.353 e. The molecule has 15 heavy (non-hydrogen) atoms. The summed E-state index contributed by atoms with van der Waals surface area (Å²) in [6, 6.07) is 0. The molecule has 0 spiro atoms. The summed E-state index contributed by atoms with van der Waals surface area (Å²) in [6.45, 7) is -0.632. The monoisotopic (exact) mass is 263 g/mol. The van der Waals surface area contributed by atoms with Crippen LogP contribution in [0.5, 0.6) is 0 Å². The molecule has 0 unspecified atom stereocenters. The van der Waals surface area contributed by atoms with Crippen LogP contribution in [0.25, 0.3) is 0 Å². The molecule has 0 heterocycles. The zero-order valence-corrected chi connectivity index (χ0v) is 10.1. The summed E-state index contributed by atoms with van der Waals surface area (Å²) >= 11 is 0. The van der Waals surface area contributed by atoms with Crippen LogP contribution in [0.15, 0.2) is 0 Å². The van der Waals surface area contributed by atoms with Crippen LogP contribution in [-0.4, -0.2) is 46.5 Å². The van der Waals surface area contributed by atoms with Crippen molar-refractivity contribution in [1.82, 2.24) is 0 Å². The molecule has 0 aliphatic heterocycles. The van der Waals surface area contributed by atoms with Gasteiger partial charge in [-0.3, -0.25) is 4.58 Å². The quantitative estimate of drug-likeness (QED) is 0.385. The third kappa shape index (κ3) is 6.24. The summed E-state index contributed by atoms with van der Waals surface area (Å²) < 4.78 is 58.1. The van der Waals surface area contributed by atoms with E-state index in [0.717, 1.165) is 0 Å². The molecule has 0 aliphatic carbocycles. The highest BCUT2D eigenvalue weighted by Crippen LogP contribution is 2.20. The summed E-state index contributed by atoms with van der Waals surface area (Å²) in [5.74, 6) is 0. The molecule has 3 radical (unpaired) electrons. The van der Waals surface area contributed by atoms with Crippen molar-refractivity contribution in [1.29, 1.82) is 0 Å². The van der Waals surface area contributed by atoms with E-state index in [1.54, 1.807) is 0 Å². The Morgan fingerprint density at radius 1 is 1.20 bits per heavy atom. The van der Waals surface area contributed by atoms with Gasteiger partial charge in [0.25, 0.3) is 0 Å². The molecule has 0 rings (SSSR count). The molecule has 0 fully saturated rings. The van der Waals surface area contributed by atoms with E-state index in [2.05, 4.69) is 19.6 Å². The van der Waals surface area contributed by atoms with Crippen molar-refractivity contribution >= 4 is 19.5 Å². The van der Waals surface area contributed by atoms with Gasteiger partial charge < -0.3 is 13.3 Å². The van der Waals surface area contributed by atoms with Crippen LogP contribution in [0.2, 0.25) is 0 Å². The zero-order chi connectivity index (χ0) is 11.9. The maximum absolute atomic E-state index is 11.8. The van der Waals surface area contributed by atoms with Crippen LogP contribution in [0.4, 0.5) is 13.2 Å². The molecule has 0 N–H and O–H groups in total. The minimum atomic E-state index is -4.31. The van der Waals surface area contributed by atoms with Crippen LogP contribution >= 0.6 is 0 Å². The van der Waals surface area contributed by atoms with Gasteiger partial charge in [0.1, 0.15) is 0 Å². The predicted molar refractivity (Wildman–Crippen MR) is 44.3 cm³/mol. The van der Waals surface area contributed by atoms with E-state index < -0.39 is 28.3 Å². The van der Waals surface area contributed by atoms with Gasteiger partial charge in [0.15, 0.2) is 0 Å². The van der Waals surface area contributed by atoms with Crippen LogP contribution in [0, 0.1) is 0 Å². The lowest BCUT2D eigenvalue weighted by atomic mass is 10.5. The lowest BCUT2D eigenvalue weighted by molar-refractivity contribution is -0.197. The Kier molecular flexibility index (Phi) is 6.58. The first kappa shape index (κ1) is 15.0.